The Morgan fingerprint density at radius 1 is 1.29 bits per heavy atom. The number of rotatable bonds is 3. The Balaban J connectivity index is 1.72. The highest BCUT2D eigenvalue weighted by Gasteiger charge is 2.23. The number of nitrogens with zero attached hydrogens (tertiary/aromatic N) is 2. The summed E-state index contributed by atoms with van der Waals surface area (Å²) in [6, 6.07) is 9.26. The van der Waals surface area contributed by atoms with Crippen molar-refractivity contribution in [1.82, 2.24) is 9.97 Å². The third kappa shape index (κ3) is 2.46. The van der Waals surface area contributed by atoms with Crippen molar-refractivity contribution in [2.75, 3.05) is 18.1 Å². The van der Waals surface area contributed by atoms with Gasteiger partial charge in [0.1, 0.15) is 17.3 Å². The van der Waals surface area contributed by atoms with Crippen molar-refractivity contribution in [2.45, 2.75) is 13.3 Å². The number of fused-ring (bicyclic) bond motifs is 1. The lowest BCUT2D eigenvalue weighted by molar-refractivity contribution is 0.181. The minimum absolute atomic E-state index is 0.127. The number of cyclic esters (lactones) is 1. The number of amides is 1. The van der Waals surface area contributed by atoms with E-state index in [1.165, 1.54) is 0 Å². The van der Waals surface area contributed by atoms with Crippen LogP contribution in [0.1, 0.15) is 11.8 Å². The van der Waals surface area contributed by atoms with Crippen molar-refractivity contribution in [3.63, 3.8) is 0 Å². The first-order valence-electron chi connectivity index (χ1n) is 7.73. The zero-order valence-electron chi connectivity index (χ0n) is 13.0. The molecule has 0 radical (unpaired) electrons. The summed E-state index contributed by atoms with van der Waals surface area (Å²) in [5, 5.41) is 0.636. The lowest BCUT2D eigenvalue weighted by Gasteiger charge is -2.12. The highest BCUT2D eigenvalue weighted by atomic mass is 32.1. The van der Waals surface area contributed by atoms with Gasteiger partial charge in [-0.05, 0) is 36.8 Å². The normalized spacial score (nSPS) is 14.4. The number of anilines is 1. The summed E-state index contributed by atoms with van der Waals surface area (Å²) in [5.41, 5.74) is 1.45. The Labute approximate surface area is 141 Å². The molecule has 7 heteroatoms. The van der Waals surface area contributed by atoms with Crippen molar-refractivity contribution >= 4 is 33.3 Å². The molecule has 1 N–H and O–H groups in total. The van der Waals surface area contributed by atoms with Crippen LogP contribution in [0.2, 0.25) is 0 Å². The molecule has 1 fully saturated rings. The largest absolute Gasteiger partial charge is 0.447 e. The molecule has 1 aliphatic rings. The molecule has 4 rings (SSSR count). The summed E-state index contributed by atoms with van der Waals surface area (Å²) in [6.07, 6.45) is 0.553. The summed E-state index contributed by atoms with van der Waals surface area (Å²) in [6.45, 7) is 3.01. The third-order valence-electron chi connectivity index (χ3n) is 4.02. The molecule has 0 atom stereocenters. The Bertz CT molecular complexity index is 975. The topological polar surface area (TPSA) is 75.3 Å². The fourth-order valence-corrected chi connectivity index (χ4v) is 3.69. The zero-order valence-corrected chi connectivity index (χ0v) is 13.9. The van der Waals surface area contributed by atoms with Crippen LogP contribution < -0.4 is 10.5 Å². The van der Waals surface area contributed by atoms with Crippen LogP contribution in [0.3, 0.4) is 0 Å². The molecule has 24 heavy (non-hydrogen) atoms. The lowest BCUT2D eigenvalue weighted by Crippen LogP contribution is -2.23. The first-order valence-corrected chi connectivity index (χ1v) is 8.55. The molecule has 0 bridgehead atoms. The van der Waals surface area contributed by atoms with E-state index in [0.717, 1.165) is 27.4 Å². The summed E-state index contributed by atoms with van der Waals surface area (Å²) in [4.78, 5) is 34.7. The second-order valence-corrected chi connectivity index (χ2v) is 6.63. The monoisotopic (exact) mass is 341 g/mol. The number of ether oxygens (including phenoxy) is 1. The molecule has 0 spiro atoms. The number of hydrogen-bond donors (Lipinski definition) is 1. The van der Waals surface area contributed by atoms with E-state index in [9.17, 15) is 9.59 Å². The van der Waals surface area contributed by atoms with E-state index in [-0.39, 0.29) is 11.7 Å². The number of hydrogen-bond acceptors (Lipinski definition) is 5. The average molecular weight is 341 g/mol. The van der Waals surface area contributed by atoms with Crippen LogP contribution >= 0.6 is 11.3 Å². The van der Waals surface area contributed by atoms with Gasteiger partial charge >= 0.3 is 6.09 Å². The number of aromatic nitrogens is 2. The average Bonchev–Trinajstić information content (AvgIpc) is 3.21. The molecular formula is C17H15N3O3S. The standard InChI is InChI=1S/C17H15N3O3S/c1-2-12-9-13-15(21)18-14(19-16(13)24-12)10-3-5-11(6-4-10)20-7-8-23-17(20)22/h3-6,9H,2,7-8H2,1H3,(H,18,19,21). The zero-order chi connectivity index (χ0) is 16.7. The molecular weight excluding hydrogens is 326 g/mol. The number of thiophene rings is 1. The van der Waals surface area contributed by atoms with E-state index in [1.807, 2.05) is 30.3 Å². The summed E-state index contributed by atoms with van der Waals surface area (Å²) < 4.78 is 4.94. The second-order valence-electron chi connectivity index (χ2n) is 5.51. The van der Waals surface area contributed by atoms with E-state index >= 15 is 0 Å². The minimum Gasteiger partial charge on any atom is -0.447 e. The molecule has 6 nitrogen and oxygen atoms in total. The van der Waals surface area contributed by atoms with Crippen LogP contribution in [0.15, 0.2) is 35.1 Å². The minimum atomic E-state index is -0.332. The molecule has 0 unspecified atom stereocenters. The first-order chi connectivity index (χ1) is 11.7. The van der Waals surface area contributed by atoms with Crippen molar-refractivity contribution in [3.8, 4) is 11.4 Å². The van der Waals surface area contributed by atoms with Gasteiger partial charge in [-0.15, -0.1) is 11.3 Å². The highest BCUT2D eigenvalue weighted by molar-refractivity contribution is 7.18. The number of carbonyl (C=O) groups is 1. The Kier molecular flexibility index (Phi) is 3.57. The van der Waals surface area contributed by atoms with Crippen molar-refractivity contribution < 1.29 is 9.53 Å². The SMILES string of the molecule is CCc1cc2c(=O)[nH]c(-c3ccc(N4CCOC4=O)cc3)nc2s1. The molecule has 1 aromatic carbocycles. The number of H-pyrrole nitrogens is 1. The molecule has 1 amide bonds. The summed E-state index contributed by atoms with van der Waals surface area (Å²) in [7, 11) is 0. The van der Waals surface area contributed by atoms with Gasteiger partial charge in [0.2, 0.25) is 0 Å². The second kappa shape index (κ2) is 5.76. The molecule has 3 aromatic rings. The molecule has 3 heterocycles. The number of aromatic amines is 1. The van der Waals surface area contributed by atoms with Crippen LogP contribution in [-0.2, 0) is 11.2 Å². The Hall–Kier alpha value is -2.67. The predicted octanol–water partition coefficient (Wildman–Crippen LogP) is 3.17. The van der Waals surface area contributed by atoms with E-state index in [1.54, 1.807) is 16.2 Å². The van der Waals surface area contributed by atoms with Crippen LogP contribution in [0, 0.1) is 0 Å². The van der Waals surface area contributed by atoms with Crippen LogP contribution in [0.5, 0.6) is 0 Å². The smallest absolute Gasteiger partial charge is 0.414 e. The number of aryl methyl sites for hydroxylation is 1. The Morgan fingerprint density at radius 2 is 2.08 bits per heavy atom. The van der Waals surface area contributed by atoms with Gasteiger partial charge in [0.15, 0.2) is 0 Å². The van der Waals surface area contributed by atoms with Gasteiger partial charge in [-0.1, -0.05) is 6.92 Å². The predicted molar refractivity (Wildman–Crippen MR) is 93.7 cm³/mol. The first kappa shape index (κ1) is 14.9. The molecule has 0 saturated carbocycles. The molecule has 2 aromatic heterocycles. The fourth-order valence-electron chi connectivity index (χ4n) is 2.72. The van der Waals surface area contributed by atoms with E-state index in [4.69, 9.17) is 4.74 Å². The maximum Gasteiger partial charge on any atom is 0.414 e. The number of carbonyl (C=O) groups excluding carboxylic acids is 1. The van der Waals surface area contributed by atoms with Crippen LogP contribution in [-0.4, -0.2) is 29.2 Å². The van der Waals surface area contributed by atoms with Gasteiger partial charge in [-0.3, -0.25) is 9.69 Å². The van der Waals surface area contributed by atoms with Gasteiger partial charge in [0.25, 0.3) is 5.56 Å². The molecule has 1 saturated heterocycles. The highest BCUT2D eigenvalue weighted by Crippen LogP contribution is 2.26. The summed E-state index contributed by atoms with van der Waals surface area (Å²) >= 11 is 1.54. The van der Waals surface area contributed by atoms with Gasteiger partial charge in [-0.2, -0.15) is 0 Å². The van der Waals surface area contributed by atoms with Crippen LogP contribution in [0.25, 0.3) is 21.6 Å². The van der Waals surface area contributed by atoms with E-state index in [0.29, 0.717) is 24.4 Å². The summed E-state index contributed by atoms with van der Waals surface area (Å²) in [5.74, 6) is 0.535. The molecule has 0 aliphatic carbocycles. The maximum atomic E-state index is 12.3. The number of nitrogens with one attached hydrogen (secondary N) is 1. The van der Waals surface area contributed by atoms with E-state index in [2.05, 4.69) is 16.9 Å². The van der Waals surface area contributed by atoms with Gasteiger partial charge < -0.3 is 9.72 Å². The quantitative estimate of drug-likeness (QED) is 0.794. The van der Waals surface area contributed by atoms with Crippen molar-refractivity contribution in [2.24, 2.45) is 0 Å². The Morgan fingerprint density at radius 3 is 2.75 bits per heavy atom. The van der Waals surface area contributed by atoms with Gasteiger partial charge in [0, 0.05) is 16.1 Å². The molecule has 1 aliphatic heterocycles. The van der Waals surface area contributed by atoms with Crippen molar-refractivity contribution in [3.05, 3.63) is 45.6 Å². The van der Waals surface area contributed by atoms with Crippen molar-refractivity contribution in [1.29, 1.82) is 0 Å². The van der Waals surface area contributed by atoms with E-state index < -0.39 is 0 Å². The lowest BCUT2D eigenvalue weighted by atomic mass is 10.2. The fraction of sp³-hybridized carbons (Fsp3) is 0.235. The number of benzene rings is 1. The maximum absolute atomic E-state index is 12.3. The van der Waals surface area contributed by atoms with Crippen LogP contribution in [0.4, 0.5) is 10.5 Å². The third-order valence-corrected chi connectivity index (χ3v) is 5.19. The van der Waals surface area contributed by atoms with Gasteiger partial charge in [-0.25, -0.2) is 9.78 Å². The molecule has 122 valence electrons. The van der Waals surface area contributed by atoms with Gasteiger partial charge in [0.05, 0.1) is 11.9 Å².